The van der Waals surface area contributed by atoms with Crippen molar-refractivity contribution in [2.75, 3.05) is 0 Å². The lowest BCUT2D eigenvalue weighted by molar-refractivity contribution is 0.592. The van der Waals surface area contributed by atoms with Crippen LogP contribution in [0.1, 0.15) is 5.56 Å². The molecule has 102 valence electrons. The van der Waals surface area contributed by atoms with Gasteiger partial charge in [-0.2, -0.15) is 0 Å². The van der Waals surface area contributed by atoms with Gasteiger partial charge in [-0.15, -0.1) is 0 Å². The Hall–Kier alpha value is -1.66. The van der Waals surface area contributed by atoms with Crippen molar-refractivity contribution in [2.24, 2.45) is 0 Å². The second-order valence-electron chi connectivity index (χ2n) is 4.49. The zero-order chi connectivity index (χ0) is 14.3. The van der Waals surface area contributed by atoms with Gasteiger partial charge in [0.05, 0.1) is 4.90 Å². The van der Waals surface area contributed by atoms with Crippen molar-refractivity contribution in [1.29, 1.82) is 0 Å². The van der Waals surface area contributed by atoms with Crippen LogP contribution >= 0.6 is 15.9 Å². The fourth-order valence-corrected chi connectivity index (χ4v) is 3.82. The van der Waals surface area contributed by atoms with E-state index in [1.54, 1.807) is 42.7 Å². The van der Waals surface area contributed by atoms with E-state index in [-0.39, 0.29) is 9.92 Å². The van der Waals surface area contributed by atoms with Crippen molar-refractivity contribution in [1.82, 2.24) is 9.97 Å². The van der Waals surface area contributed by atoms with Gasteiger partial charge < -0.3 is 4.98 Å². The van der Waals surface area contributed by atoms with Gasteiger partial charge in [0.15, 0.2) is 5.03 Å². The number of hydrogen-bond acceptors (Lipinski definition) is 3. The number of aryl methyl sites for hydroxylation is 1. The van der Waals surface area contributed by atoms with Crippen LogP contribution in [0.25, 0.3) is 11.3 Å². The van der Waals surface area contributed by atoms with Crippen LogP contribution in [0.3, 0.4) is 0 Å². The van der Waals surface area contributed by atoms with Gasteiger partial charge in [-0.3, -0.25) is 4.98 Å². The SMILES string of the molecule is Cc1ccc(S(=O)(=O)c2[nH]cc(Br)c3ccnc2-3)cc1. The van der Waals surface area contributed by atoms with E-state index < -0.39 is 9.84 Å². The Labute approximate surface area is 125 Å². The number of aromatic nitrogens is 2. The maximum atomic E-state index is 12.7. The van der Waals surface area contributed by atoms with Gasteiger partial charge in [-0.05, 0) is 41.1 Å². The molecule has 1 aromatic rings. The van der Waals surface area contributed by atoms with Gasteiger partial charge in [0.25, 0.3) is 0 Å². The average molecular weight is 351 g/mol. The molecule has 2 heterocycles. The van der Waals surface area contributed by atoms with E-state index in [0.717, 1.165) is 15.6 Å². The Kier molecular flexibility index (Phi) is 3.14. The van der Waals surface area contributed by atoms with Crippen molar-refractivity contribution in [3.63, 3.8) is 0 Å². The topological polar surface area (TPSA) is 62.8 Å². The summed E-state index contributed by atoms with van der Waals surface area (Å²) in [6, 6.07) is 8.55. The van der Waals surface area contributed by atoms with Crippen LogP contribution in [0.15, 0.2) is 57.1 Å². The van der Waals surface area contributed by atoms with Crippen LogP contribution in [-0.4, -0.2) is 18.4 Å². The van der Waals surface area contributed by atoms with Crippen LogP contribution in [0.5, 0.6) is 0 Å². The minimum Gasteiger partial charge on any atom is -0.349 e. The molecule has 0 atom stereocenters. The van der Waals surface area contributed by atoms with Crippen molar-refractivity contribution in [3.8, 4) is 11.3 Å². The lowest BCUT2D eigenvalue weighted by Gasteiger charge is -2.10. The maximum Gasteiger partial charge on any atom is 0.224 e. The van der Waals surface area contributed by atoms with Crippen LogP contribution in [0.4, 0.5) is 0 Å². The van der Waals surface area contributed by atoms with E-state index in [9.17, 15) is 8.42 Å². The van der Waals surface area contributed by atoms with Crippen molar-refractivity contribution < 1.29 is 8.42 Å². The molecule has 2 aliphatic heterocycles. The molecule has 0 saturated heterocycles. The third kappa shape index (κ3) is 2.05. The molecular formula is C14H11BrN2O2S. The van der Waals surface area contributed by atoms with Crippen LogP contribution in [0, 0.1) is 6.92 Å². The van der Waals surface area contributed by atoms with Crippen molar-refractivity contribution in [2.45, 2.75) is 16.8 Å². The van der Waals surface area contributed by atoms with E-state index in [1.807, 2.05) is 6.92 Å². The summed E-state index contributed by atoms with van der Waals surface area (Å²) in [6.45, 7) is 1.92. The summed E-state index contributed by atoms with van der Waals surface area (Å²) < 4.78 is 26.1. The van der Waals surface area contributed by atoms with E-state index in [1.165, 1.54) is 0 Å². The monoisotopic (exact) mass is 350 g/mol. The fraction of sp³-hybridized carbons (Fsp3) is 0.0714. The standard InChI is InChI=1S/C14H11BrN2O2S/c1-9-2-4-10(5-3-9)20(18,19)14-13-11(6-7-16-13)12(15)8-17-14/h2-8,17H,1H3. The highest BCUT2D eigenvalue weighted by Gasteiger charge is 2.26. The number of fused-ring (bicyclic) bond motifs is 1. The zero-order valence-electron chi connectivity index (χ0n) is 10.6. The minimum atomic E-state index is -3.61. The molecule has 4 nitrogen and oxygen atoms in total. The smallest absolute Gasteiger partial charge is 0.224 e. The Morgan fingerprint density at radius 3 is 2.55 bits per heavy atom. The summed E-state index contributed by atoms with van der Waals surface area (Å²) >= 11 is 3.38. The first-order valence-corrected chi connectivity index (χ1v) is 8.21. The highest BCUT2D eigenvalue weighted by atomic mass is 79.9. The molecule has 0 aliphatic carbocycles. The molecule has 0 unspecified atom stereocenters. The molecule has 0 radical (unpaired) electrons. The van der Waals surface area contributed by atoms with Gasteiger partial charge in [-0.1, -0.05) is 17.7 Å². The van der Waals surface area contributed by atoms with Gasteiger partial charge >= 0.3 is 0 Å². The molecule has 0 fully saturated rings. The summed E-state index contributed by atoms with van der Waals surface area (Å²) in [5.41, 5.74) is 2.23. The number of pyridine rings is 1. The molecule has 3 rings (SSSR count). The summed E-state index contributed by atoms with van der Waals surface area (Å²) in [5.74, 6) is 0. The largest absolute Gasteiger partial charge is 0.349 e. The Morgan fingerprint density at radius 2 is 1.85 bits per heavy atom. The minimum absolute atomic E-state index is 0.115. The van der Waals surface area contributed by atoms with E-state index in [0.29, 0.717) is 5.69 Å². The van der Waals surface area contributed by atoms with Crippen molar-refractivity contribution in [3.05, 3.63) is 52.8 Å². The molecule has 0 spiro atoms. The molecule has 0 aromatic heterocycles. The Morgan fingerprint density at radius 1 is 1.15 bits per heavy atom. The highest BCUT2D eigenvalue weighted by Crippen LogP contribution is 2.34. The highest BCUT2D eigenvalue weighted by molar-refractivity contribution is 9.10. The van der Waals surface area contributed by atoms with Gasteiger partial charge in [-0.25, -0.2) is 8.42 Å². The fourth-order valence-electron chi connectivity index (χ4n) is 2.02. The molecule has 20 heavy (non-hydrogen) atoms. The number of nitrogens with zero attached hydrogens (tertiary/aromatic N) is 1. The number of halogens is 1. The second-order valence-corrected chi connectivity index (χ2v) is 7.23. The summed E-state index contributed by atoms with van der Waals surface area (Å²) in [5, 5.41) is 0.115. The van der Waals surface area contributed by atoms with Gasteiger partial charge in [0.2, 0.25) is 9.84 Å². The first-order valence-electron chi connectivity index (χ1n) is 5.93. The Bertz CT molecular complexity index is 838. The number of benzene rings is 1. The number of H-pyrrole nitrogens is 1. The summed E-state index contributed by atoms with van der Waals surface area (Å²) in [6.07, 6.45) is 3.21. The second kappa shape index (κ2) is 4.71. The predicted molar refractivity (Wildman–Crippen MR) is 79.5 cm³/mol. The third-order valence-corrected chi connectivity index (χ3v) is 5.50. The van der Waals surface area contributed by atoms with E-state index >= 15 is 0 Å². The lowest BCUT2D eigenvalue weighted by Crippen LogP contribution is -2.07. The summed E-state index contributed by atoms with van der Waals surface area (Å²) in [4.78, 5) is 7.23. The molecular weight excluding hydrogens is 340 g/mol. The molecule has 6 heteroatoms. The van der Waals surface area contributed by atoms with Crippen LogP contribution in [-0.2, 0) is 9.84 Å². The first kappa shape index (κ1) is 13.3. The number of hydrogen-bond donors (Lipinski definition) is 1. The summed E-state index contributed by atoms with van der Waals surface area (Å²) in [7, 11) is -3.61. The number of rotatable bonds is 2. The molecule has 0 bridgehead atoms. The number of nitrogens with one attached hydrogen (secondary N) is 1. The molecule has 1 aromatic carbocycles. The molecule has 0 saturated carbocycles. The van der Waals surface area contributed by atoms with Crippen LogP contribution in [0.2, 0.25) is 0 Å². The van der Waals surface area contributed by atoms with E-state index in [4.69, 9.17) is 0 Å². The average Bonchev–Trinajstić information content (AvgIpc) is 2.89. The van der Waals surface area contributed by atoms with Crippen LogP contribution < -0.4 is 0 Å². The maximum absolute atomic E-state index is 12.7. The zero-order valence-corrected chi connectivity index (χ0v) is 13.0. The lowest BCUT2D eigenvalue weighted by atomic mass is 10.2. The number of sulfone groups is 1. The Balaban J connectivity index is 2.22. The molecule has 2 aliphatic rings. The van der Waals surface area contributed by atoms with Gasteiger partial charge in [0, 0.05) is 22.4 Å². The third-order valence-electron chi connectivity index (χ3n) is 3.10. The molecule has 1 N–H and O–H groups in total. The normalized spacial score (nSPS) is 11.9. The molecule has 0 amide bonds. The van der Waals surface area contributed by atoms with Gasteiger partial charge in [0.1, 0.15) is 5.69 Å². The quantitative estimate of drug-likeness (QED) is 0.770. The predicted octanol–water partition coefficient (Wildman–Crippen LogP) is 3.42. The first-order chi connectivity index (χ1) is 9.50. The van der Waals surface area contributed by atoms with E-state index in [2.05, 4.69) is 25.9 Å². The van der Waals surface area contributed by atoms with Crippen molar-refractivity contribution >= 4 is 25.8 Å². The number of aromatic amines is 1.